The molecule has 0 aliphatic carbocycles. The van der Waals surface area contributed by atoms with Crippen molar-refractivity contribution in [1.29, 1.82) is 0 Å². The van der Waals surface area contributed by atoms with Gasteiger partial charge in [-0.05, 0) is 24.3 Å². The van der Waals surface area contributed by atoms with Gasteiger partial charge in [0.25, 0.3) is 5.91 Å². The molecule has 9 heteroatoms. The van der Waals surface area contributed by atoms with Crippen LogP contribution >= 0.6 is 0 Å². The predicted octanol–water partition coefficient (Wildman–Crippen LogP) is 2.27. The molecule has 2 rings (SSSR count). The number of hydrogen-bond donors (Lipinski definition) is 3. The van der Waals surface area contributed by atoms with Gasteiger partial charge >= 0.3 is 6.03 Å². The molecule has 156 valence electrons. The highest BCUT2D eigenvalue weighted by Gasteiger charge is 2.14. The van der Waals surface area contributed by atoms with Gasteiger partial charge in [-0.2, -0.15) is 0 Å². The van der Waals surface area contributed by atoms with Crippen LogP contribution in [0.5, 0.6) is 23.0 Å². The van der Waals surface area contributed by atoms with Gasteiger partial charge in [-0.1, -0.05) is 0 Å². The molecule has 0 spiro atoms. The number of urea groups is 1. The number of nitrogens with one attached hydrogen (secondary N) is 3. The number of benzene rings is 2. The van der Waals surface area contributed by atoms with E-state index in [1.807, 2.05) is 0 Å². The maximum Gasteiger partial charge on any atom is 0.319 e. The van der Waals surface area contributed by atoms with E-state index in [9.17, 15) is 9.59 Å². The summed E-state index contributed by atoms with van der Waals surface area (Å²) in [5, 5.41) is 8.07. The van der Waals surface area contributed by atoms with Gasteiger partial charge in [-0.15, -0.1) is 0 Å². The van der Waals surface area contributed by atoms with Crippen LogP contribution in [0, 0.1) is 0 Å². The molecule has 2 aromatic rings. The van der Waals surface area contributed by atoms with Gasteiger partial charge in [-0.25, -0.2) is 4.79 Å². The Morgan fingerprint density at radius 2 is 1.38 bits per heavy atom. The summed E-state index contributed by atoms with van der Waals surface area (Å²) in [7, 11) is 6.05. The summed E-state index contributed by atoms with van der Waals surface area (Å²) in [6.45, 7) is 0.520. The fourth-order valence-corrected chi connectivity index (χ4v) is 2.53. The zero-order chi connectivity index (χ0) is 21.2. The van der Waals surface area contributed by atoms with E-state index in [1.54, 1.807) is 43.5 Å². The average molecular weight is 403 g/mol. The van der Waals surface area contributed by atoms with Gasteiger partial charge in [0.15, 0.2) is 11.5 Å². The van der Waals surface area contributed by atoms with Crippen molar-refractivity contribution in [2.75, 3.05) is 46.8 Å². The second kappa shape index (κ2) is 10.6. The van der Waals surface area contributed by atoms with Crippen LogP contribution in [0.4, 0.5) is 10.5 Å². The Bertz CT molecular complexity index is 814. The molecule has 0 unspecified atom stereocenters. The number of carbonyl (C=O) groups is 2. The highest BCUT2D eigenvalue weighted by atomic mass is 16.5. The van der Waals surface area contributed by atoms with Gasteiger partial charge in [0.1, 0.15) is 5.75 Å². The molecule has 0 radical (unpaired) electrons. The Balaban J connectivity index is 1.83. The lowest BCUT2D eigenvalue weighted by atomic mass is 10.2. The molecule has 0 bridgehead atoms. The summed E-state index contributed by atoms with van der Waals surface area (Å²) in [5.41, 5.74) is 0.979. The van der Waals surface area contributed by atoms with Gasteiger partial charge in [0, 0.05) is 30.8 Å². The van der Waals surface area contributed by atoms with E-state index in [1.165, 1.54) is 21.3 Å². The van der Waals surface area contributed by atoms with E-state index in [2.05, 4.69) is 16.0 Å². The van der Waals surface area contributed by atoms with Gasteiger partial charge in [-0.3, -0.25) is 4.79 Å². The molecule has 3 N–H and O–H groups in total. The summed E-state index contributed by atoms with van der Waals surface area (Å²) in [6, 6.07) is 9.55. The molecule has 3 amide bonds. The first kappa shape index (κ1) is 21.7. The van der Waals surface area contributed by atoms with Crippen LogP contribution in [0.1, 0.15) is 10.4 Å². The first-order chi connectivity index (χ1) is 14.0. The second-order valence-corrected chi connectivity index (χ2v) is 5.78. The van der Waals surface area contributed by atoms with Gasteiger partial charge in [0.2, 0.25) is 5.75 Å². The zero-order valence-electron chi connectivity index (χ0n) is 16.8. The summed E-state index contributed by atoms with van der Waals surface area (Å²) in [5.74, 6) is 1.72. The molecule has 0 fully saturated rings. The third-order valence-corrected chi connectivity index (χ3v) is 3.97. The molecule has 0 aliphatic rings. The van der Waals surface area contributed by atoms with Crippen molar-refractivity contribution < 1.29 is 28.5 Å². The third-order valence-electron chi connectivity index (χ3n) is 3.97. The predicted molar refractivity (Wildman–Crippen MR) is 108 cm³/mol. The van der Waals surface area contributed by atoms with E-state index < -0.39 is 6.03 Å². The van der Waals surface area contributed by atoms with E-state index in [4.69, 9.17) is 18.9 Å². The van der Waals surface area contributed by atoms with Crippen LogP contribution in [0.3, 0.4) is 0 Å². The van der Waals surface area contributed by atoms with E-state index in [-0.39, 0.29) is 19.0 Å². The molecule has 29 heavy (non-hydrogen) atoms. The lowest BCUT2D eigenvalue weighted by molar-refractivity contribution is 0.0954. The van der Waals surface area contributed by atoms with Crippen LogP contribution in [0.2, 0.25) is 0 Å². The number of rotatable bonds is 9. The lowest BCUT2D eigenvalue weighted by Crippen LogP contribution is -2.36. The van der Waals surface area contributed by atoms with Crippen molar-refractivity contribution in [3.8, 4) is 23.0 Å². The number of hydrogen-bond acceptors (Lipinski definition) is 6. The molecule has 2 aromatic carbocycles. The normalized spacial score (nSPS) is 9.93. The first-order valence-corrected chi connectivity index (χ1v) is 8.79. The minimum atomic E-state index is -0.432. The minimum Gasteiger partial charge on any atom is -0.497 e. The van der Waals surface area contributed by atoms with Crippen LogP contribution in [0.25, 0.3) is 0 Å². The van der Waals surface area contributed by atoms with Crippen LogP contribution in [-0.4, -0.2) is 53.5 Å². The number of carbonyl (C=O) groups excluding carboxylic acids is 2. The van der Waals surface area contributed by atoms with Crippen molar-refractivity contribution in [3.63, 3.8) is 0 Å². The molecule has 0 saturated carbocycles. The summed E-state index contributed by atoms with van der Waals surface area (Å²) < 4.78 is 20.8. The number of anilines is 1. The van der Waals surface area contributed by atoms with Gasteiger partial charge in [0.05, 0.1) is 34.1 Å². The van der Waals surface area contributed by atoms with E-state index in [0.717, 1.165) is 0 Å². The minimum absolute atomic E-state index is 0.237. The lowest BCUT2D eigenvalue weighted by Gasteiger charge is -2.15. The monoisotopic (exact) mass is 403 g/mol. The molecule has 0 saturated heterocycles. The largest absolute Gasteiger partial charge is 0.497 e. The molecule has 0 heterocycles. The van der Waals surface area contributed by atoms with Crippen LogP contribution < -0.4 is 34.9 Å². The Morgan fingerprint density at radius 1 is 0.793 bits per heavy atom. The highest BCUT2D eigenvalue weighted by molar-refractivity contribution is 5.94. The smallest absolute Gasteiger partial charge is 0.319 e. The van der Waals surface area contributed by atoms with Crippen molar-refractivity contribution >= 4 is 17.6 Å². The molecule has 0 aromatic heterocycles. The first-order valence-electron chi connectivity index (χ1n) is 8.79. The topological polar surface area (TPSA) is 107 Å². The van der Waals surface area contributed by atoms with Gasteiger partial charge < -0.3 is 34.9 Å². The summed E-state index contributed by atoms with van der Waals surface area (Å²) in [6.07, 6.45) is 0. The van der Waals surface area contributed by atoms with E-state index in [0.29, 0.717) is 34.2 Å². The molecule has 0 aliphatic heterocycles. The molecular formula is C20H25N3O6. The second-order valence-electron chi connectivity index (χ2n) is 5.78. The SMILES string of the molecule is COc1ccc(C(=O)NCCNC(=O)Nc2cc(OC)c(OC)c(OC)c2)cc1. The maximum absolute atomic E-state index is 12.1. The Kier molecular flexibility index (Phi) is 7.96. The Labute approximate surface area is 169 Å². The summed E-state index contributed by atoms with van der Waals surface area (Å²) in [4.78, 5) is 24.2. The standard InChI is InChI=1S/C20H25N3O6/c1-26-15-7-5-13(6-8-15)19(24)21-9-10-22-20(25)23-14-11-16(27-2)18(29-4)17(12-14)28-3/h5-8,11-12H,9-10H2,1-4H3,(H,21,24)(H2,22,23,25). The molecule has 0 atom stereocenters. The highest BCUT2D eigenvalue weighted by Crippen LogP contribution is 2.39. The van der Waals surface area contributed by atoms with E-state index >= 15 is 0 Å². The molecular weight excluding hydrogens is 378 g/mol. The van der Waals surface area contributed by atoms with Crippen LogP contribution in [0.15, 0.2) is 36.4 Å². The molecule has 9 nitrogen and oxygen atoms in total. The summed E-state index contributed by atoms with van der Waals surface area (Å²) >= 11 is 0. The van der Waals surface area contributed by atoms with Crippen molar-refractivity contribution in [2.24, 2.45) is 0 Å². The third kappa shape index (κ3) is 5.93. The zero-order valence-corrected chi connectivity index (χ0v) is 16.8. The van der Waals surface area contributed by atoms with Crippen molar-refractivity contribution in [3.05, 3.63) is 42.0 Å². The quantitative estimate of drug-likeness (QED) is 0.555. The number of amides is 3. The van der Waals surface area contributed by atoms with Crippen LogP contribution in [-0.2, 0) is 0 Å². The average Bonchev–Trinajstić information content (AvgIpc) is 2.75. The van der Waals surface area contributed by atoms with Crippen molar-refractivity contribution in [2.45, 2.75) is 0 Å². The van der Waals surface area contributed by atoms with Crippen molar-refractivity contribution in [1.82, 2.24) is 10.6 Å². The fraction of sp³-hybridized carbons (Fsp3) is 0.300. The maximum atomic E-state index is 12.1. The number of ether oxygens (including phenoxy) is 4. The number of methoxy groups -OCH3 is 4. The Morgan fingerprint density at radius 3 is 1.90 bits per heavy atom. The Hall–Kier alpha value is -3.62. The fourth-order valence-electron chi connectivity index (χ4n) is 2.53.